The van der Waals surface area contributed by atoms with Crippen molar-refractivity contribution < 1.29 is 23.5 Å². The number of rotatable bonds is 9. The minimum Gasteiger partial charge on any atom is -0.461 e. The summed E-state index contributed by atoms with van der Waals surface area (Å²) in [4.78, 5) is 17.8. The van der Waals surface area contributed by atoms with Gasteiger partial charge in [0.15, 0.2) is 11.6 Å². The average Bonchev–Trinajstić information content (AvgIpc) is 3.26. The van der Waals surface area contributed by atoms with Crippen molar-refractivity contribution in [2.24, 2.45) is 28.3 Å². The van der Waals surface area contributed by atoms with Gasteiger partial charge in [-0.1, -0.05) is 57.1 Å². The van der Waals surface area contributed by atoms with E-state index in [1.807, 2.05) is 45.9 Å². The van der Waals surface area contributed by atoms with Gasteiger partial charge in [-0.15, -0.1) is 0 Å². The van der Waals surface area contributed by atoms with Crippen molar-refractivity contribution in [2.75, 3.05) is 6.61 Å². The van der Waals surface area contributed by atoms with Gasteiger partial charge in [0.25, 0.3) is 0 Å². The second-order valence-corrected chi connectivity index (χ2v) is 8.56. The third kappa shape index (κ3) is 5.38. The fourth-order valence-electron chi connectivity index (χ4n) is 3.28. The Balaban J connectivity index is 1.56. The van der Waals surface area contributed by atoms with Crippen molar-refractivity contribution in [1.82, 2.24) is 0 Å². The number of halogens is 1. The van der Waals surface area contributed by atoms with Gasteiger partial charge < -0.3 is 14.3 Å². The van der Waals surface area contributed by atoms with Gasteiger partial charge >= 0.3 is 5.97 Å². The number of nitrogens with zero attached hydrogens (tertiary/aromatic N) is 1. The quantitative estimate of drug-likeness (QED) is 0.305. The highest BCUT2D eigenvalue weighted by molar-refractivity contribution is 5.85. The van der Waals surface area contributed by atoms with E-state index in [2.05, 4.69) is 5.16 Å². The minimum absolute atomic E-state index is 0.0256. The average molecular weight is 413 g/mol. The van der Waals surface area contributed by atoms with Gasteiger partial charge in [0.05, 0.1) is 5.92 Å². The van der Waals surface area contributed by atoms with E-state index in [1.54, 1.807) is 30.5 Å². The highest BCUT2D eigenvalue weighted by Crippen LogP contribution is 2.57. The molecule has 0 unspecified atom stereocenters. The number of oxime groups is 1. The Morgan fingerprint density at radius 3 is 2.63 bits per heavy atom. The minimum atomic E-state index is -0.477. The number of hydrogen-bond acceptors (Lipinski definition) is 5. The lowest BCUT2D eigenvalue weighted by Gasteiger charge is -2.10. The molecule has 0 saturated heterocycles. The number of carbonyl (C=O) groups is 1. The highest BCUT2D eigenvalue weighted by Gasteiger charge is 2.62. The maximum Gasteiger partial charge on any atom is 0.310 e. The van der Waals surface area contributed by atoms with Gasteiger partial charge in [0, 0.05) is 12.1 Å². The van der Waals surface area contributed by atoms with E-state index in [0.29, 0.717) is 23.8 Å². The van der Waals surface area contributed by atoms with Crippen molar-refractivity contribution in [2.45, 2.75) is 34.3 Å². The van der Waals surface area contributed by atoms with Crippen LogP contribution < -0.4 is 4.74 Å². The molecular formula is C24H28FNO4. The Morgan fingerprint density at radius 1 is 1.20 bits per heavy atom. The first-order chi connectivity index (χ1) is 14.3. The lowest BCUT2D eigenvalue weighted by molar-refractivity contribution is -0.147. The maximum atomic E-state index is 14.1. The number of esters is 1. The molecule has 1 aliphatic carbocycles. The molecule has 0 N–H and O–H groups in total. The molecule has 0 aliphatic heterocycles. The molecule has 0 bridgehead atoms. The van der Waals surface area contributed by atoms with Crippen molar-refractivity contribution in [3.63, 3.8) is 0 Å². The zero-order chi connectivity index (χ0) is 21.7. The molecule has 0 radical (unpaired) electrons. The summed E-state index contributed by atoms with van der Waals surface area (Å²) in [5.41, 5.74) is 0.422. The molecule has 3 rings (SSSR count). The fourth-order valence-corrected chi connectivity index (χ4v) is 3.28. The predicted octanol–water partition coefficient (Wildman–Crippen LogP) is 5.59. The van der Waals surface area contributed by atoms with Gasteiger partial charge in [0.1, 0.15) is 19.0 Å². The van der Waals surface area contributed by atoms with Gasteiger partial charge in [-0.05, 0) is 41.2 Å². The van der Waals surface area contributed by atoms with Gasteiger partial charge in [-0.3, -0.25) is 4.79 Å². The molecule has 1 aliphatic rings. The molecule has 6 heteroatoms. The van der Waals surface area contributed by atoms with Crippen molar-refractivity contribution >= 4 is 12.2 Å². The molecule has 1 saturated carbocycles. The summed E-state index contributed by atoms with van der Waals surface area (Å²) in [5.74, 6) is -0.0562. The maximum absolute atomic E-state index is 14.1. The Morgan fingerprint density at radius 2 is 1.93 bits per heavy atom. The number of carbonyl (C=O) groups excluding carboxylic acids is 1. The van der Waals surface area contributed by atoms with Crippen molar-refractivity contribution in [3.05, 3.63) is 59.9 Å². The third-order valence-corrected chi connectivity index (χ3v) is 5.22. The molecular weight excluding hydrogens is 385 g/mol. The molecule has 0 aromatic heterocycles. The van der Waals surface area contributed by atoms with Gasteiger partial charge in [-0.25, -0.2) is 4.39 Å². The van der Waals surface area contributed by atoms with Crippen LogP contribution in [0.4, 0.5) is 4.39 Å². The monoisotopic (exact) mass is 413 g/mol. The Hall–Kier alpha value is -2.89. The first-order valence-electron chi connectivity index (χ1n) is 10.1. The number of para-hydroxylation sites is 1. The number of hydrogen-bond donors (Lipinski definition) is 0. The second-order valence-electron chi connectivity index (χ2n) is 8.56. The van der Waals surface area contributed by atoms with Gasteiger partial charge in [0.2, 0.25) is 0 Å². The number of benzene rings is 2. The SMILES string of the molecule is CC(C)CON=C[C@@H]1[C@H](C(=O)OCc2ccc(F)c(Oc3ccccc3)c2)C1(C)C. The summed E-state index contributed by atoms with van der Waals surface area (Å²) in [5, 5.41) is 3.99. The van der Waals surface area contributed by atoms with E-state index in [0.717, 1.165) is 0 Å². The van der Waals surface area contributed by atoms with E-state index in [9.17, 15) is 9.18 Å². The molecule has 0 heterocycles. The summed E-state index contributed by atoms with van der Waals surface area (Å²) in [6.07, 6.45) is 1.69. The summed E-state index contributed by atoms with van der Waals surface area (Å²) in [6.45, 7) is 8.68. The van der Waals surface area contributed by atoms with Crippen LogP contribution in [0.5, 0.6) is 11.5 Å². The van der Waals surface area contributed by atoms with Crippen LogP contribution in [0.3, 0.4) is 0 Å². The van der Waals surface area contributed by atoms with Crippen LogP contribution in [-0.2, 0) is 21.0 Å². The fraction of sp³-hybridized carbons (Fsp3) is 0.417. The third-order valence-electron chi connectivity index (χ3n) is 5.22. The van der Waals surface area contributed by atoms with Crippen LogP contribution in [-0.4, -0.2) is 18.8 Å². The summed E-state index contributed by atoms with van der Waals surface area (Å²) >= 11 is 0. The largest absolute Gasteiger partial charge is 0.461 e. The highest BCUT2D eigenvalue weighted by atomic mass is 19.1. The molecule has 30 heavy (non-hydrogen) atoms. The van der Waals surface area contributed by atoms with Crippen molar-refractivity contribution in [3.8, 4) is 11.5 Å². The van der Waals surface area contributed by atoms with Crippen LogP contribution in [0.1, 0.15) is 33.3 Å². The molecule has 160 valence electrons. The molecule has 1 fully saturated rings. The van der Waals surface area contributed by atoms with Gasteiger partial charge in [-0.2, -0.15) is 0 Å². The van der Waals surface area contributed by atoms with E-state index < -0.39 is 5.82 Å². The van der Waals surface area contributed by atoms with E-state index in [1.165, 1.54) is 6.07 Å². The molecule has 0 spiro atoms. The van der Waals surface area contributed by atoms with E-state index in [4.69, 9.17) is 14.3 Å². The summed E-state index contributed by atoms with van der Waals surface area (Å²) in [7, 11) is 0. The Labute approximate surface area is 176 Å². The zero-order valence-electron chi connectivity index (χ0n) is 17.8. The second kappa shape index (κ2) is 9.28. The molecule has 0 amide bonds. The van der Waals surface area contributed by atoms with E-state index in [-0.39, 0.29) is 35.6 Å². The topological polar surface area (TPSA) is 57.1 Å². The van der Waals surface area contributed by atoms with Crippen LogP contribution in [0.15, 0.2) is 53.7 Å². The predicted molar refractivity (Wildman–Crippen MR) is 113 cm³/mol. The van der Waals surface area contributed by atoms with Crippen LogP contribution in [0, 0.1) is 29.0 Å². The van der Waals surface area contributed by atoms with Crippen LogP contribution in [0.25, 0.3) is 0 Å². The lowest BCUT2D eigenvalue weighted by Crippen LogP contribution is -2.11. The lowest BCUT2D eigenvalue weighted by atomic mass is 10.1. The zero-order valence-corrected chi connectivity index (χ0v) is 17.8. The van der Waals surface area contributed by atoms with E-state index >= 15 is 0 Å². The molecule has 2 aromatic carbocycles. The summed E-state index contributed by atoms with van der Waals surface area (Å²) < 4.78 is 25.2. The number of ether oxygens (including phenoxy) is 2. The van der Waals surface area contributed by atoms with Crippen LogP contribution in [0.2, 0.25) is 0 Å². The smallest absolute Gasteiger partial charge is 0.310 e. The standard InChI is InChI=1S/C24H28FNO4/c1-16(2)14-29-26-13-19-22(24(19,3)4)23(27)28-15-17-10-11-20(25)21(12-17)30-18-8-6-5-7-9-18/h5-13,16,19,22H,14-15H2,1-4H3/t19-,22-/m1/s1. The first-order valence-corrected chi connectivity index (χ1v) is 10.1. The van der Waals surface area contributed by atoms with Crippen LogP contribution >= 0.6 is 0 Å². The molecule has 5 nitrogen and oxygen atoms in total. The normalized spacial score (nSPS) is 19.7. The van der Waals surface area contributed by atoms with Crippen molar-refractivity contribution in [1.29, 1.82) is 0 Å². The Bertz CT molecular complexity index is 895. The first kappa shape index (κ1) is 21.8. The molecule has 2 atom stereocenters. The summed E-state index contributed by atoms with van der Waals surface area (Å²) in [6, 6.07) is 13.4. The Kier molecular flexibility index (Phi) is 6.75. The molecule has 2 aromatic rings.